The Morgan fingerprint density at radius 3 is 2.53 bits per heavy atom. The predicted molar refractivity (Wildman–Crippen MR) is 118 cm³/mol. The summed E-state index contributed by atoms with van der Waals surface area (Å²) in [5, 5.41) is -0.0995. The SMILES string of the molecule is CC1CCN(C(=O)C2CSC(c3cccc(F)c3)N2C(=O)c2ccccc2Cl)CC1. The van der Waals surface area contributed by atoms with E-state index in [4.69, 9.17) is 11.6 Å². The van der Waals surface area contributed by atoms with Crippen molar-refractivity contribution < 1.29 is 14.0 Å². The van der Waals surface area contributed by atoms with Crippen molar-refractivity contribution in [1.29, 1.82) is 0 Å². The van der Waals surface area contributed by atoms with Crippen LogP contribution in [0.1, 0.15) is 41.1 Å². The molecule has 0 saturated carbocycles. The first-order valence-corrected chi connectivity index (χ1v) is 11.6. The third kappa shape index (κ3) is 4.21. The van der Waals surface area contributed by atoms with E-state index in [0.717, 1.165) is 12.8 Å². The Balaban J connectivity index is 1.68. The topological polar surface area (TPSA) is 40.6 Å². The number of halogens is 2. The van der Waals surface area contributed by atoms with Gasteiger partial charge in [-0.3, -0.25) is 9.59 Å². The van der Waals surface area contributed by atoms with E-state index < -0.39 is 11.4 Å². The van der Waals surface area contributed by atoms with Gasteiger partial charge in [0.25, 0.3) is 5.91 Å². The van der Waals surface area contributed by atoms with Gasteiger partial charge in [0, 0.05) is 18.8 Å². The molecular formula is C23H24ClFN2O2S. The maximum Gasteiger partial charge on any atom is 0.257 e. The van der Waals surface area contributed by atoms with Crippen molar-refractivity contribution in [3.63, 3.8) is 0 Å². The molecule has 158 valence electrons. The van der Waals surface area contributed by atoms with E-state index in [-0.39, 0.29) is 17.6 Å². The van der Waals surface area contributed by atoms with Crippen molar-refractivity contribution >= 4 is 35.2 Å². The van der Waals surface area contributed by atoms with Gasteiger partial charge < -0.3 is 9.80 Å². The van der Waals surface area contributed by atoms with E-state index >= 15 is 0 Å². The zero-order valence-corrected chi connectivity index (χ0v) is 18.3. The predicted octanol–water partition coefficient (Wildman–Crippen LogP) is 4.99. The van der Waals surface area contributed by atoms with Crippen molar-refractivity contribution in [2.45, 2.75) is 31.2 Å². The normalized spacial score (nSPS) is 22.4. The fourth-order valence-electron chi connectivity index (χ4n) is 4.08. The summed E-state index contributed by atoms with van der Waals surface area (Å²) in [5.41, 5.74) is 1.02. The van der Waals surface area contributed by atoms with E-state index in [2.05, 4.69) is 6.92 Å². The monoisotopic (exact) mass is 446 g/mol. The molecule has 0 N–H and O–H groups in total. The molecule has 30 heavy (non-hydrogen) atoms. The molecule has 2 aliphatic rings. The Kier molecular flexibility index (Phi) is 6.34. The molecule has 2 aromatic carbocycles. The highest BCUT2D eigenvalue weighted by molar-refractivity contribution is 7.99. The number of hydrogen-bond acceptors (Lipinski definition) is 3. The number of thioether (sulfide) groups is 1. The zero-order valence-electron chi connectivity index (χ0n) is 16.8. The standard InChI is InChI=1S/C23H24ClFN2O2S/c1-15-9-11-26(12-10-15)22(29)20-14-30-23(16-5-4-6-17(25)13-16)27(20)21(28)18-7-2-3-8-19(18)24/h2-8,13,15,20,23H,9-12,14H2,1H3. The lowest BCUT2D eigenvalue weighted by molar-refractivity contribution is -0.136. The Morgan fingerprint density at radius 1 is 1.10 bits per heavy atom. The van der Waals surface area contributed by atoms with E-state index in [1.807, 2.05) is 4.90 Å². The Bertz CT molecular complexity index is 948. The van der Waals surface area contributed by atoms with Crippen LogP contribution in [0.15, 0.2) is 48.5 Å². The number of hydrogen-bond donors (Lipinski definition) is 0. The Morgan fingerprint density at radius 2 is 1.83 bits per heavy atom. The molecule has 7 heteroatoms. The molecule has 2 aliphatic heterocycles. The molecular weight excluding hydrogens is 423 g/mol. The average molecular weight is 447 g/mol. The largest absolute Gasteiger partial charge is 0.341 e. The lowest BCUT2D eigenvalue weighted by Crippen LogP contribution is -2.51. The molecule has 2 atom stereocenters. The van der Waals surface area contributed by atoms with Crippen LogP contribution in [0.4, 0.5) is 4.39 Å². The molecule has 0 aromatic heterocycles. The summed E-state index contributed by atoms with van der Waals surface area (Å²) in [5.74, 6) is 0.380. The minimum absolute atomic E-state index is 0.0336. The summed E-state index contributed by atoms with van der Waals surface area (Å²) in [4.78, 5) is 30.4. The van der Waals surface area contributed by atoms with Gasteiger partial charge in [-0.15, -0.1) is 11.8 Å². The first-order valence-electron chi connectivity index (χ1n) is 10.2. The number of nitrogens with zero attached hydrogens (tertiary/aromatic N) is 2. The van der Waals surface area contributed by atoms with Gasteiger partial charge in [-0.05, 0) is 48.6 Å². The van der Waals surface area contributed by atoms with Crippen molar-refractivity contribution in [3.8, 4) is 0 Å². The second kappa shape index (κ2) is 8.98. The number of carbonyl (C=O) groups excluding carboxylic acids is 2. The highest BCUT2D eigenvalue weighted by Crippen LogP contribution is 2.43. The smallest absolute Gasteiger partial charge is 0.257 e. The third-order valence-corrected chi connectivity index (χ3v) is 7.51. The summed E-state index contributed by atoms with van der Waals surface area (Å²) >= 11 is 7.79. The van der Waals surface area contributed by atoms with Crippen molar-refractivity contribution in [2.75, 3.05) is 18.8 Å². The molecule has 2 heterocycles. The lowest BCUT2D eigenvalue weighted by atomic mass is 9.98. The lowest BCUT2D eigenvalue weighted by Gasteiger charge is -2.35. The number of piperidine rings is 1. The molecule has 4 nitrogen and oxygen atoms in total. The van der Waals surface area contributed by atoms with Gasteiger partial charge in [0.2, 0.25) is 5.91 Å². The number of benzene rings is 2. The number of rotatable bonds is 3. The van der Waals surface area contributed by atoms with Gasteiger partial charge in [0.15, 0.2) is 0 Å². The minimum Gasteiger partial charge on any atom is -0.341 e. The summed E-state index contributed by atoms with van der Waals surface area (Å²) in [6.07, 6.45) is 1.94. The fourth-order valence-corrected chi connectivity index (χ4v) is 5.70. The quantitative estimate of drug-likeness (QED) is 0.666. The molecule has 2 unspecified atom stereocenters. The van der Waals surface area contributed by atoms with E-state index in [1.54, 1.807) is 41.3 Å². The van der Waals surface area contributed by atoms with Gasteiger partial charge in [-0.25, -0.2) is 4.39 Å². The number of carbonyl (C=O) groups is 2. The molecule has 0 aliphatic carbocycles. The van der Waals surface area contributed by atoms with Gasteiger partial charge >= 0.3 is 0 Å². The van der Waals surface area contributed by atoms with Gasteiger partial charge in [-0.2, -0.15) is 0 Å². The molecule has 4 rings (SSSR count). The van der Waals surface area contributed by atoms with Crippen LogP contribution in [0.5, 0.6) is 0 Å². The van der Waals surface area contributed by atoms with E-state index in [1.165, 1.54) is 23.9 Å². The number of likely N-dealkylation sites (tertiary alicyclic amines) is 1. The molecule has 0 spiro atoms. The van der Waals surface area contributed by atoms with Crippen LogP contribution in [0.3, 0.4) is 0 Å². The second-order valence-corrected chi connectivity index (χ2v) is 9.48. The van der Waals surface area contributed by atoms with Gasteiger partial charge in [0.1, 0.15) is 17.2 Å². The fraction of sp³-hybridized carbons (Fsp3) is 0.391. The highest BCUT2D eigenvalue weighted by atomic mass is 35.5. The van der Waals surface area contributed by atoms with E-state index in [9.17, 15) is 14.0 Å². The van der Waals surface area contributed by atoms with Crippen molar-refractivity contribution in [3.05, 3.63) is 70.5 Å². The maximum atomic E-state index is 13.9. The second-order valence-electron chi connectivity index (χ2n) is 7.96. The Labute approximate surface area is 185 Å². The summed E-state index contributed by atoms with van der Waals surface area (Å²) in [7, 11) is 0. The first kappa shape index (κ1) is 21.2. The Hall–Kier alpha value is -2.05. The number of amides is 2. The van der Waals surface area contributed by atoms with Crippen LogP contribution >= 0.6 is 23.4 Å². The van der Waals surface area contributed by atoms with Crippen LogP contribution in [0.25, 0.3) is 0 Å². The first-order chi connectivity index (χ1) is 14.5. The van der Waals surface area contributed by atoms with Crippen LogP contribution in [-0.2, 0) is 4.79 Å². The van der Waals surface area contributed by atoms with E-state index in [0.29, 0.717) is 40.9 Å². The molecule has 0 bridgehead atoms. The van der Waals surface area contributed by atoms with Crippen LogP contribution < -0.4 is 0 Å². The van der Waals surface area contributed by atoms with Crippen LogP contribution in [0, 0.1) is 11.7 Å². The average Bonchev–Trinajstić information content (AvgIpc) is 3.19. The highest BCUT2D eigenvalue weighted by Gasteiger charge is 2.44. The van der Waals surface area contributed by atoms with Gasteiger partial charge in [0.05, 0.1) is 10.6 Å². The maximum absolute atomic E-state index is 13.9. The molecule has 2 saturated heterocycles. The van der Waals surface area contributed by atoms with Crippen molar-refractivity contribution in [2.24, 2.45) is 5.92 Å². The van der Waals surface area contributed by atoms with Gasteiger partial charge in [-0.1, -0.05) is 42.8 Å². The third-order valence-electron chi connectivity index (χ3n) is 5.85. The molecule has 2 aromatic rings. The van der Waals surface area contributed by atoms with Crippen LogP contribution in [-0.4, -0.2) is 46.5 Å². The summed E-state index contributed by atoms with van der Waals surface area (Å²) in [6.45, 7) is 3.61. The summed E-state index contributed by atoms with van der Waals surface area (Å²) < 4.78 is 13.9. The molecule has 0 radical (unpaired) electrons. The van der Waals surface area contributed by atoms with Crippen molar-refractivity contribution in [1.82, 2.24) is 9.80 Å². The molecule has 2 amide bonds. The minimum atomic E-state index is -0.597. The zero-order chi connectivity index (χ0) is 21.3. The summed E-state index contributed by atoms with van der Waals surface area (Å²) in [6, 6.07) is 12.5. The molecule has 2 fully saturated rings. The van der Waals surface area contributed by atoms with Crippen LogP contribution in [0.2, 0.25) is 5.02 Å².